The lowest BCUT2D eigenvalue weighted by Crippen LogP contribution is -2.45. The summed E-state index contributed by atoms with van der Waals surface area (Å²) in [5, 5.41) is 0. The number of sulfonamides is 1. The zero-order valence-electron chi connectivity index (χ0n) is 21.7. The second-order valence-corrected chi connectivity index (χ2v) is 13.2. The van der Waals surface area contributed by atoms with Crippen molar-refractivity contribution < 1.29 is 22.7 Å². The number of nitrogens with zero attached hydrogens (tertiary/aromatic N) is 1. The molecule has 2 saturated carbocycles. The molecule has 0 spiro atoms. The predicted octanol–water partition coefficient (Wildman–Crippen LogP) is 5.88. The molecule has 1 saturated heterocycles. The van der Waals surface area contributed by atoms with Gasteiger partial charge < -0.3 is 9.47 Å². The fraction of sp³-hybridized carbons (Fsp3) is 0.567. The summed E-state index contributed by atoms with van der Waals surface area (Å²) in [6, 6.07) is 11.2. The highest BCUT2D eigenvalue weighted by molar-refractivity contribution is 7.92. The molecule has 0 aromatic heterocycles. The molecule has 2 heterocycles. The van der Waals surface area contributed by atoms with E-state index in [1.54, 1.807) is 16.4 Å². The molecule has 2 aromatic carbocycles. The first-order valence-electron chi connectivity index (χ1n) is 13.9. The number of Topliss-reactive ketones (excluding diaryl/α,β-unsaturated/α-hetero) is 1. The number of carbonyl (C=O) groups excluding carboxylic acids is 1. The molecule has 198 valence electrons. The lowest BCUT2D eigenvalue weighted by atomic mass is 9.79. The van der Waals surface area contributed by atoms with Crippen molar-refractivity contribution >= 4 is 21.5 Å². The van der Waals surface area contributed by atoms with E-state index in [1.807, 2.05) is 6.07 Å². The maximum absolute atomic E-state index is 14.2. The van der Waals surface area contributed by atoms with Crippen LogP contribution >= 0.6 is 0 Å². The molecule has 0 radical (unpaired) electrons. The Labute approximate surface area is 220 Å². The van der Waals surface area contributed by atoms with Gasteiger partial charge in [0.1, 0.15) is 5.75 Å². The van der Waals surface area contributed by atoms with Crippen molar-refractivity contribution in [2.45, 2.75) is 81.6 Å². The molecule has 0 N–H and O–H groups in total. The number of fused-ring (bicyclic) bond motifs is 1. The first-order valence-corrected chi connectivity index (χ1v) is 15.4. The first-order chi connectivity index (χ1) is 17.9. The highest BCUT2D eigenvalue weighted by Crippen LogP contribution is 2.47. The molecule has 4 aliphatic rings. The van der Waals surface area contributed by atoms with Crippen LogP contribution in [0, 0.1) is 11.8 Å². The van der Waals surface area contributed by atoms with E-state index in [1.165, 1.54) is 37.8 Å². The smallest absolute Gasteiger partial charge is 0.264 e. The summed E-state index contributed by atoms with van der Waals surface area (Å²) < 4.78 is 41.6. The molecule has 1 atom stereocenters. The Kier molecular flexibility index (Phi) is 6.78. The third kappa shape index (κ3) is 4.92. The number of aryl methyl sites for hydroxylation is 1. The number of hydrogen-bond acceptors (Lipinski definition) is 5. The monoisotopic (exact) mass is 523 g/mol. The fourth-order valence-electron chi connectivity index (χ4n) is 6.14. The van der Waals surface area contributed by atoms with Gasteiger partial charge >= 0.3 is 0 Å². The number of hydrogen-bond donors (Lipinski definition) is 0. The van der Waals surface area contributed by atoms with Gasteiger partial charge in [0.25, 0.3) is 10.0 Å². The number of rotatable bonds is 8. The summed E-state index contributed by atoms with van der Waals surface area (Å²) in [4.78, 5) is 12.7. The van der Waals surface area contributed by atoms with Crippen LogP contribution in [0.5, 0.6) is 5.75 Å². The maximum atomic E-state index is 14.2. The molecule has 0 amide bonds. The number of anilines is 1. The van der Waals surface area contributed by atoms with Crippen LogP contribution in [0.4, 0.5) is 5.69 Å². The van der Waals surface area contributed by atoms with Gasteiger partial charge in [-0.2, -0.15) is 0 Å². The standard InChI is InChI=1S/C30H37NO5S/c1-20(32)27-18-26(9-12-30(27)36-19-21-13-15-35-16-14-21)37(33,34)31-28(23-5-6-23)11-8-25-17-24(7-10-29(25)31)22-3-2-4-22/h7,9-10,12,17-18,21-23,28H,2-6,8,11,13-16,19H2,1H3/t28-/m0/s1. The highest BCUT2D eigenvalue weighted by atomic mass is 32.2. The molecule has 7 heteroatoms. The minimum Gasteiger partial charge on any atom is -0.493 e. The molecular weight excluding hydrogens is 486 g/mol. The Morgan fingerprint density at radius 3 is 2.46 bits per heavy atom. The Hall–Kier alpha value is -2.38. The van der Waals surface area contributed by atoms with Crippen LogP contribution in [0.25, 0.3) is 0 Å². The van der Waals surface area contributed by atoms with E-state index in [4.69, 9.17) is 9.47 Å². The minimum atomic E-state index is -3.85. The van der Waals surface area contributed by atoms with E-state index in [-0.39, 0.29) is 16.7 Å². The van der Waals surface area contributed by atoms with Crippen molar-refractivity contribution in [1.29, 1.82) is 0 Å². The lowest BCUT2D eigenvalue weighted by Gasteiger charge is -2.39. The van der Waals surface area contributed by atoms with Crippen LogP contribution in [0.2, 0.25) is 0 Å². The average Bonchev–Trinajstić information content (AvgIpc) is 3.71. The molecular formula is C30H37NO5S. The van der Waals surface area contributed by atoms with Crippen LogP contribution in [-0.2, 0) is 21.2 Å². The maximum Gasteiger partial charge on any atom is 0.264 e. The summed E-state index contributed by atoms with van der Waals surface area (Å²) in [6.07, 6.45) is 9.50. The Bertz CT molecular complexity index is 1270. The van der Waals surface area contributed by atoms with E-state index in [0.717, 1.165) is 63.0 Å². The zero-order valence-corrected chi connectivity index (χ0v) is 22.5. The van der Waals surface area contributed by atoms with Gasteiger partial charge in [-0.1, -0.05) is 18.6 Å². The fourth-order valence-corrected chi connectivity index (χ4v) is 7.94. The van der Waals surface area contributed by atoms with Gasteiger partial charge in [-0.25, -0.2) is 8.42 Å². The lowest BCUT2D eigenvalue weighted by molar-refractivity contribution is 0.0495. The van der Waals surface area contributed by atoms with Gasteiger partial charge in [0.2, 0.25) is 0 Å². The van der Waals surface area contributed by atoms with E-state index >= 15 is 0 Å². The zero-order chi connectivity index (χ0) is 25.6. The summed E-state index contributed by atoms with van der Waals surface area (Å²) in [5.74, 6) is 1.67. The molecule has 37 heavy (non-hydrogen) atoms. The third-order valence-corrected chi connectivity index (χ3v) is 10.6. The van der Waals surface area contributed by atoms with E-state index < -0.39 is 10.0 Å². The Morgan fingerprint density at radius 2 is 1.78 bits per heavy atom. The normalized spacial score (nSPS) is 22.8. The predicted molar refractivity (Wildman–Crippen MR) is 143 cm³/mol. The van der Waals surface area contributed by atoms with Crippen molar-refractivity contribution in [2.24, 2.45) is 11.8 Å². The number of carbonyl (C=O) groups is 1. The van der Waals surface area contributed by atoms with Crippen molar-refractivity contribution in [3.63, 3.8) is 0 Å². The minimum absolute atomic E-state index is 0.0303. The van der Waals surface area contributed by atoms with Gasteiger partial charge in [-0.3, -0.25) is 9.10 Å². The van der Waals surface area contributed by atoms with Crippen molar-refractivity contribution in [3.05, 3.63) is 53.1 Å². The van der Waals surface area contributed by atoms with Crippen molar-refractivity contribution in [1.82, 2.24) is 0 Å². The van der Waals surface area contributed by atoms with Crippen LogP contribution in [0.1, 0.15) is 85.7 Å². The molecule has 0 unspecified atom stereocenters. The second kappa shape index (κ2) is 10.1. The molecule has 6 nitrogen and oxygen atoms in total. The molecule has 0 bridgehead atoms. The van der Waals surface area contributed by atoms with Gasteiger partial charge in [0.15, 0.2) is 5.78 Å². The molecule has 6 rings (SSSR count). The van der Waals surface area contributed by atoms with Gasteiger partial charge in [-0.15, -0.1) is 0 Å². The Balaban J connectivity index is 1.32. The summed E-state index contributed by atoms with van der Waals surface area (Å²) >= 11 is 0. The average molecular weight is 524 g/mol. The van der Waals surface area contributed by atoms with E-state index in [2.05, 4.69) is 12.1 Å². The number of benzene rings is 2. The molecule has 3 fully saturated rings. The van der Waals surface area contributed by atoms with Crippen molar-refractivity contribution in [2.75, 3.05) is 24.1 Å². The summed E-state index contributed by atoms with van der Waals surface area (Å²) in [7, 11) is -3.85. The number of ether oxygens (including phenoxy) is 2. The van der Waals surface area contributed by atoms with Crippen LogP contribution in [0.15, 0.2) is 41.3 Å². The largest absolute Gasteiger partial charge is 0.493 e. The summed E-state index contributed by atoms with van der Waals surface area (Å²) in [5.41, 5.74) is 3.62. The number of ketones is 1. The third-order valence-electron chi connectivity index (χ3n) is 8.80. The van der Waals surface area contributed by atoms with Crippen LogP contribution < -0.4 is 9.04 Å². The SMILES string of the molecule is CC(=O)c1cc(S(=O)(=O)N2c3ccc(C4CCC4)cc3CC[C@H]2C2CC2)ccc1OCC1CCOCC1. The highest BCUT2D eigenvalue weighted by Gasteiger charge is 2.44. The summed E-state index contributed by atoms with van der Waals surface area (Å²) in [6.45, 7) is 3.43. The first kappa shape index (κ1) is 24.9. The van der Waals surface area contributed by atoms with Gasteiger partial charge in [0, 0.05) is 19.3 Å². The van der Waals surface area contributed by atoms with E-state index in [0.29, 0.717) is 35.7 Å². The Morgan fingerprint density at radius 1 is 1.00 bits per heavy atom. The van der Waals surface area contributed by atoms with E-state index in [9.17, 15) is 13.2 Å². The van der Waals surface area contributed by atoms with Crippen LogP contribution in [-0.4, -0.2) is 40.1 Å². The topological polar surface area (TPSA) is 72.9 Å². The molecule has 2 aliphatic carbocycles. The second-order valence-electron chi connectivity index (χ2n) is 11.3. The quantitative estimate of drug-likeness (QED) is 0.404. The van der Waals surface area contributed by atoms with Crippen LogP contribution in [0.3, 0.4) is 0 Å². The molecule has 2 aromatic rings. The molecule has 2 aliphatic heterocycles. The van der Waals surface area contributed by atoms with Gasteiger partial charge in [0.05, 0.1) is 22.8 Å². The van der Waals surface area contributed by atoms with Crippen molar-refractivity contribution in [3.8, 4) is 5.75 Å². The van der Waals surface area contributed by atoms with Gasteiger partial charge in [-0.05, 0) is 111 Å².